The minimum Gasteiger partial charge on any atom is -0.354 e. The van der Waals surface area contributed by atoms with Crippen molar-refractivity contribution in [2.24, 2.45) is 5.41 Å². The van der Waals surface area contributed by atoms with Gasteiger partial charge in [-0.2, -0.15) is 18.4 Å². The molecular formula is C23H23F3N6S. The van der Waals surface area contributed by atoms with E-state index in [4.69, 9.17) is 5.26 Å². The molecule has 2 aromatic heterocycles. The van der Waals surface area contributed by atoms with E-state index >= 15 is 0 Å². The van der Waals surface area contributed by atoms with Crippen LogP contribution in [0, 0.1) is 16.7 Å². The number of nitriles is 1. The zero-order chi connectivity index (χ0) is 23.1. The Morgan fingerprint density at radius 2 is 1.82 bits per heavy atom. The third-order valence-corrected chi connectivity index (χ3v) is 7.50. The zero-order valence-corrected chi connectivity index (χ0v) is 18.8. The summed E-state index contributed by atoms with van der Waals surface area (Å²) >= 11 is 0.992. The molecule has 0 amide bonds. The molecule has 1 atom stereocenters. The van der Waals surface area contributed by atoms with E-state index in [1.54, 1.807) is 0 Å². The summed E-state index contributed by atoms with van der Waals surface area (Å²) in [5, 5.41) is 8.85. The summed E-state index contributed by atoms with van der Waals surface area (Å²) in [6, 6.07) is 10.4. The first-order valence-corrected chi connectivity index (χ1v) is 11.7. The highest BCUT2D eigenvalue weighted by Crippen LogP contribution is 2.42. The van der Waals surface area contributed by atoms with E-state index in [9.17, 15) is 13.2 Å². The van der Waals surface area contributed by atoms with E-state index in [2.05, 4.69) is 43.0 Å². The number of aromatic nitrogens is 3. The Bertz CT molecular complexity index is 1190. The Kier molecular flexibility index (Phi) is 5.70. The average Bonchev–Trinajstić information content (AvgIpc) is 3.47. The van der Waals surface area contributed by atoms with E-state index in [0.29, 0.717) is 22.6 Å². The van der Waals surface area contributed by atoms with E-state index in [-0.39, 0.29) is 10.4 Å². The number of rotatable bonds is 5. The van der Waals surface area contributed by atoms with Crippen molar-refractivity contribution in [3.8, 4) is 6.07 Å². The van der Waals surface area contributed by atoms with Crippen molar-refractivity contribution in [1.29, 1.82) is 5.26 Å². The van der Waals surface area contributed by atoms with Gasteiger partial charge in [-0.3, -0.25) is 4.90 Å². The van der Waals surface area contributed by atoms with Crippen LogP contribution in [0.5, 0.6) is 0 Å². The summed E-state index contributed by atoms with van der Waals surface area (Å²) in [5.41, 5.74) is 2.90. The summed E-state index contributed by atoms with van der Waals surface area (Å²) in [6.07, 6.45) is -1.37. The second-order valence-electron chi connectivity index (χ2n) is 9.03. The number of benzene rings is 1. The van der Waals surface area contributed by atoms with Gasteiger partial charge >= 0.3 is 6.18 Å². The van der Waals surface area contributed by atoms with Gasteiger partial charge in [-0.15, -0.1) is 0 Å². The number of nitrogens with zero attached hydrogens (tertiary/aromatic N) is 6. The predicted molar refractivity (Wildman–Crippen MR) is 120 cm³/mol. The van der Waals surface area contributed by atoms with Crippen LogP contribution in [0.1, 0.15) is 29.0 Å². The van der Waals surface area contributed by atoms with Gasteiger partial charge in [0.1, 0.15) is 21.7 Å². The van der Waals surface area contributed by atoms with Crippen molar-refractivity contribution in [3.05, 3.63) is 46.7 Å². The quantitative estimate of drug-likeness (QED) is 0.550. The molecule has 0 N–H and O–H groups in total. The number of likely N-dealkylation sites (tertiary alicyclic amines) is 1. The molecule has 6 nitrogen and oxygen atoms in total. The summed E-state index contributed by atoms with van der Waals surface area (Å²) < 4.78 is 38.5. The second kappa shape index (κ2) is 8.54. The molecular weight excluding hydrogens is 449 g/mol. The van der Waals surface area contributed by atoms with Gasteiger partial charge in [0.25, 0.3) is 0 Å². The molecule has 1 aromatic carbocycles. The number of thiazole rings is 1. The number of alkyl halides is 3. The van der Waals surface area contributed by atoms with Crippen LogP contribution in [0.25, 0.3) is 10.3 Å². The molecule has 3 aromatic rings. The van der Waals surface area contributed by atoms with Crippen LogP contribution < -0.4 is 4.90 Å². The van der Waals surface area contributed by atoms with Gasteiger partial charge in [-0.25, -0.2) is 15.0 Å². The van der Waals surface area contributed by atoms with Gasteiger partial charge in [-0.05, 0) is 30.5 Å². The normalized spacial score (nSPS) is 21.3. The Hall–Kier alpha value is -2.77. The minimum absolute atomic E-state index is 0.0287. The molecule has 1 spiro atoms. The van der Waals surface area contributed by atoms with Crippen LogP contribution in [0.15, 0.2) is 30.6 Å². The third kappa shape index (κ3) is 4.80. The third-order valence-electron chi connectivity index (χ3n) is 6.54. The lowest BCUT2D eigenvalue weighted by atomic mass is 9.86. The number of fused-ring (bicyclic) bond motifs is 1. The predicted octanol–water partition coefficient (Wildman–Crippen LogP) is 4.36. The van der Waals surface area contributed by atoms with E-state index < -0.39 is 12.6 Å². The maximum absolute atomic E-state index is 12.8. The van der Waals surface area contributed by atoms with Crippen LogP contribution >= 0.6 is 11.3 Å². The van der Waals surface area contributed by atoms with Crippen molar-refractivity contribution in [1.82, 2.24) is 19.9 Å². The van der Waals surface area contributed by atoms with Crippen molar-refractivity contribution < 1.29 is 13.2 Å². The molecule has 0 radical (unpaired) electrons. The lowest BCUT2D eigenvalue weighted by Gasteiger charge is -2.25. The zero-order valence-electron chi connectivity index (χ0n) is 18.0. The Balaban J connectivity index is 1.27. The molecule has 0 bridgehead atoms. The van der Waals surface area contributed by atoms with Gasteiger partial charge in [0, 0.05) is 31.6 Å². The van der Waals surface area contributed by atoms with Crippen LogP contribution in [0.2, 0.25) is 0 Å². The maximum atomic E-state index is 12.8. The molecule has 10 heteroatoms. The fourth-order valence-electron chi connectivity index (χ4n) is 4.99. The average molecular weight is 473 g/mol. The van der Waals surface area contributed by atoms with Crippen LogP contribution in [-0.4, -0.2) is 52.2 Å². The van der Waals surface area contributed by atoms with Gasteiger partial charge in [0.2, 0.25) is 0 Å². The lowest BCUT2D eigenvalue weighted by Crippen LogP contribution is -2.31. The first kappa shape index (κ1) is 22.0. The van der Waals surface area contributed by atoms with Gasteiger partial charge in [0.05, 0.1) is 18.9 Å². The summed E-state index contributed by atoms with van der Waals surface area (Å²) in [4.78, 5) is 17.9. The molecule has 2 saturated heterocycles. The molecule has 33 heavy (non-hydrogen) atoms. The number of hydrogen-bond donors (Lipinski definition) is 0. The molecule has 2 aliphatic rings. The van der Waals surface area contributed by atoms with Crippen molar-refractivity contribution in [3.63, 3.8) is 0 Å². The summed E-state index contributed by atoms with van der Waals surface area (Å²) in [6.45, 7) is 4.50. The lowest BCUT2D eigenvalue weighted by molar-refractivity contribution is -0.127. The molecule has 2 aliphatic heterocycles. The smallest absolute Gasteiger partial charge is 0.354 e. The first-order chi connectivity index (χ1) is 15.8. The number of anilines is 1. The largest absolute Gasteiger partial charge is 0.395 e. The highest BCUT2D eigenvalue weighted by molar-refractivity contribution is 7.18. The Labute approximate surface area is 193 Å². The van der Waals surface area contributed by atoms with E-state index in [0.717, 1.165) is 62.5 Å². The van der Waals surface area contributed by atoms with Crippen molar-refractivity contribution >= 4 is 27.5 Å². The molecule has 0 aliphatic carbocycles. The van der Waals surface area contributed by atoms with Gasteiger partial charge in [-0.1, -0.05) is 35.6 Å². The summed E-state index contributed by atoms with van der Waals surface area (Å²) in [7, 11) is 0. The molecule has 2 fully saturated rings. The maximum Gasteiger partial charge on any atom is 0.395 e. The second-order valence-corrected chi connectivity index (χ2v) is 10.1. The SMILES string of the molecule is N#CCc1ccc(CN2CCC3(CCN(c4ncnc5sc(CC(F)(F)F)nc45)C3)C2)cc1. The van der Waals surface area contributed by atoms with Gasteiger partial charge in [0.15, 0.2) is 5.82 Å². The molecule has 0 saturated carbocycles. The van der Waals surface area contributed by atoms with E-state index in [1.165, 1.54) is 11.9 Å². The van der Waals surface area contributed by atoms with Crippen molar-refractivity contribution in [2.75, 3.05) is 31.1 Å². The van der Waals surface area contributed by atoms with Crippen LogP contribution in [-0.2, 0) is 19.4 Å². The molecule has 4 heterocycles. The molecule has 172 valence electrons. The Morgan fingerprint density at radius 3 is 2.58 bits per heavy atom. The first-order valence-electron chi connectivity index (χ1n) is 10.9. The number of halogens is 3. The van der Waals surface area contributed by atoms with Crippen LogP contribution in [0.4, 0.5) is 19.0 Å². The standard InChI is InChI=1S/C23H23F3N6S/c24-23(25,26)11-18-30-19-20(28-15-29-21(19)33-18)32-10-7-22(14-32)6-9-31(13-22)12-17-3-1-16(2-4-17)5-8-27/h1-4,15H,5-7,9-14H2. The number of hydrogen-bond acceptors (Lipinski definition) is 7. The fourth-order valence-corrected chi connectivity index (χ4v) is 5.92. The highest BCUT2D eigenvalue weighted by atomic mass is 32.1. The van der Waals surface area contributed by atoms with Crippen molar-refractivity contribution in [2.45, 2.75) is 38.4 Å². The molecule has 5 rings (SSSR count). The topological polar surface area (TPSA) is 68.9 Å². The fraction of sp³-hybridized carbons (Fsp3) is 0.478. The Morgan fingerprint density at radius 1 is 1.06 bits per heavy atom. The highest BCUT2D eigenvalue weighted by Gasteiger charge is 2.44. The summed E-state index contributed by atoms with van der Waals surface area (Å²) in [5.74, 6) is 0.646. The molecule has 1 unspecified atom stereocenters. The van der Waals surface area contributed by atoms with Crippen LogP contribution in [0.3, 0.4) is 0 Å². The minimum atomic E-state index is -4.29. The monoisotopic (exact) mass is 472 g/mol. The van der Waals surface area contributed by atoms with E-state index in [1.807, 2.05) is 12.1 Å². The van der Waals surface area contributed by atoms with Gasteiger partial charge < -0.3 is 4.90 Å².